The molecule has 0 aliphatic rings. The van der Waals surface area contributed by atoms with Crippen LogP contribution in [0.5, 0.6) is 0 Å². The highest BCUT2D eigenvalue weighted by molar-refractivity contribution is 6.68. The van der Waals surface area contributed by atoms with Crippen LogP contribution in [0.1, 0.15) is 21.0 Å². The number of carbonyl (C=O) groups excluding carboxylic acids is 2. The summed E-state index contributed by atoms with van der Waals surface area (Å²) in [6.07, 6.45) is 0. The minimum atomic E-state index is -1.11. The predicted octanol–water partition coefficient (Wildman–Crippen LogP) is 0.494. The number of nitro groups is 1. The lowest BCUT2D eigenvalue weighted by molar-refractivity contribution is -0.385. The zero-order valence-electron chi connectivity index (χ0n) is 8.26. The highest BCUT2D eigenvalue weighted by Crippen LogP contribution is 2.24. The maximum atomic E-state index is 11.3. The van der Waals surface area contributed by atoms with Crippen molar-refractivity contribution in [3.05, 3.63) is 21.5 Å². The van der Waals surface area contributed by atoms with E-state index in [2.05, 4.69) is 9.84 Å². The van der Waals surface area contributed by atoms with Crippen molar-refractivity contribution in [3.8, 4) is 0 Å². The topological polar surface area (TPSA) is 104 Å². The van der Waals surface area contributed by atoms with Gasteiger partial charge in [-0.2, -0.15) is 5.10 Å². The Morgan fingerprint density at radius 1 is 1.56 bits per heavy atom. The van der Waals surface area contributed by atoms with Crippen molar-refractivity contribution in [2.75, 3.05) is 7.11 Å². The molecule has 1 aromatic heterocycles. The van der Waals surface area contributed by atoms with Crippen molar-refractivity contribution < 1.29 is 19.2 Å². The number of hydrogen-bond donors (Lipinski definition) is 0. The van der Waals surface area contributed by atoms with Gasteiger partial charge in [-0.25, -0.2) is 4.79 Å². The average molecular weight is 248 g/mol. The number of methoxy groups -OCH3 is 1. The Morgan fingerprint density at radius 2 is 2.12 bits per heavy atom. The van der Waals surface area contributed by atoms with Crippen LogP contribution in [0, 0.1) is 10.1 Å². The Morgan fingerprint density at radius 3 is 2.50 bits per heavy atom. The summed E-state index contributed by atoms with van der Waals surface area (Å²) >= 11 is 5.11. The molecule has 0 saturated carbocycles. The Hall–Kier alpha value is -1.96. The van der Waals surface area contributed by atoms with Crippen molar-refractivity contribution in [2.24, 2.45) is 7.05 Å². The molecule has 9 heteroatoms. The Balaban J connectivity index is 3.54. The first-order valence-corrected chi connectivity index (χ1v) is 4.27. The molecule has 8 nitrogen and oxygen atoms in total. The number of halogens is 1. The molecule has 0 saturated heterocycles. The Bertz CT molecular complexity index is 481. The van der Waals surface area contributed by atoms with E-state index in [1.165, 1.54) is 7.05 Å². The molecule has 1 rings (SSSR count). The molecule has 0 aromatic carbocycles. The third-order valence-electron chi connectivity index (χ3n) is 1.77. The molecule has 16 heavy (non-hydrogen) atoms. The summed E-state index contributed by atoms with van der Waals surface area (Å²) in [4.78, 5) is 31.9. The van der Waals surface area contributed by atoms with Gasteiger partial charge in [-0.05, 0) is 11.6 Å². The lowest BCUT2D eigenvalue weighted by atomic mass is 10.3. The summed E-state index contributed by atoms with van der Waals surface area (Å²) in [6.45, 7) is 0. The van der Waals surface area contributed by atoms with Gasteiger partial charge in [-0.3, -0.25) is 19.6 Å². The van der Waals surface area contributed by atoms with E-state index in [4.69, 9.17) is 11.6 Å². The third kappa shape index (κ3) is 1.87. The molecule has 0 atom stereocenters. The van der Waals surface area contributed by atoms with Crippen LogP contribution in [0.4, 0.5) is 5.69 Å². The number of hydrogen-bond acceptors (Lipinski definition) is 6. The van der Waals surface area contributed by atoms with E-state index in [9.17, 15) is 19.7 Å². The second-order valence-corrected chi connectivity index (χ2v) is 3.04. The molecule has 0 spiro atoms. The normalized spacial score (nSPS) is 9.94. The number of ether oxygens (including phenoxy) is 1. The molecule has 0 aliphatic carbocycles. The first-order chi connectivity index (χ1) is 7.40. The molecule has 0 amide bonds. The van der Waals surface area contributed by atoms with Crippen LogP contribution >= 0.6 is 11.6 Å². The molecule has 0 bridgehead atoms. The zero-order valence-corrected chi connectivity index (χ0v) is 9.02. The molecular weight excluding hydrogens is 242 g/mol. The fourth-order valence-corrected chi connectivity index (χ4v) is 1.27. The van der Waals surface area contributed by atoms with Crippen molar-refractivity contribution >= 4 is 28.5 Å². The lowest BCUT2D eigenvalue weighted by Crippen LogP contribution is -2.10. The third-order valence-corrected chi connectivity index (χ3v) is 1.95. The van der Waals surface area contributed by atoms with E-state index in [1.807, 2.05) is 0 Å². The number of nitrogens with zero attached hydrogens (tertiary/aromatic N) is 3. The molecular formula is C7H6ClN3O5. The van der Waals surface area contributed by atoms with Crippen LogP contribution in [0.25, 0.3) is 0 Å². The molecule has 0 radical (unpaired) electrons. The average Bonchev–Trinajstić information content (AvgIpc) is 2.55. The van der Waals surface area contributed by atoms with Gasteiger partial charge in [-0.1, -0.05) is 0 Å². The van der Waals surface area contributed by atoms with Crippen LogP contribution in [0.3, 0.4) is 0 Å². The maximum Gasteiger partial charge on any atom is 0.363 e. The number of esters is 1. The highest BCUT2D eigenvalue weighted by Gasteiger charge is 2.34. The number of aromatic nitrogens is 2. The summed E-state index contributed by atoms with van der Waals surface area (Å²) < 4.78 is 5.22. The predicted molar refractivity (Wildman–Crippen MR) is 51.4 cm³/mol. The van der Waals surface area contributed by atoms with Crippen molar-refractivity contribution in [1.82, 2.24) is 9.78 Å². The number of carbonyl (C=O) groups is 2. The summed E-state index contributed by atoms with van der Waals surface area (Å²) in [5, 5.41) is 13.1. The second-order valence-electron chi connectivity index (χ2n) is 2.69. The van der Waals surface area contributed by atoms with Crippen LogP contribution in [-0.4, -0.2) is 33.0 Å². The van der Waals surface area contributed by atoms with Gasteiger partial charge in [0, 0.05) is 7.05 Å². The van der Waals surface area contributed by atoms with Gasteiger partial charge in [0.25, 0.3) is 5.24 Å². The van der Waals surface area contributed by atoms with Crippen LogP contribution in [0.15, 0.2) is 0 Å². The molecule has 0 N–H and O–H groups in total. The standard InChI is InChI=1S/C7H6ClN3O5/c1-10-5(7(13)16-2)4(11(14)15)3(9-10)6(8)12/h1-2H3. The van der Waals surface area contributed by atoms with E-state index in [0.717, 1.165) is 11.8 Å². The van der Waals surface area contributed by atoms with Crippen molar-refractivity contribution in [2.45, 2.75) is 0 Å². The molecule has 0 fully saturated rings. The van der Waals surface area contributed by atoms with Gasteiger partial charge >= 0.3 is 11.7 Å². The van der Waals surface area contributed by atoms with Gasteiger partial charge < -0.3 is 4.74 Å². The van der Waals surface area contributed by atoms with Gasteiger partial charge in [0.05, 0.1) is 12.0 Å². The quantitative estimate of drug-likeness (QED) is 0.333. The SMILES string of the molecule is COC(=O)c1c([N+](=O)[O-])c(C(=O)Cl)nn1C. The smallest absolute Gasteiger partial charge is 0.363 e. The summed E-state index contributed by atoms with van der Waals surface area (Å²) in [6, 6.07) is 0. The summed E-state index contributed by atoms with van der Waals surface area (Å²) in [7, 11) is 2.32. The van der Waals surface area contributed by atoms with E-state index in [-0.39, 0.29) is 0 Å². The van der Waals surface area contributed by atoms with Crippen LogP contribution in [-0.2, 0) is 11.8 Å². The first kappa shape index (κ1) is 12.1. The largest absolute Gasteiger partial charge is 0.464 e. The minimum absolute atomic E-state index is 0.434. The molecule has 0 aliphatic heterocycles. The van der Waals surface area contributed by atoms with E-state index < -0.39 is 33.2 Å². The van der Waals surface area contributed by atoms with Crippen molar-refractivity contribution in [3.63, 3.8) is 0 Å². The Labute approximate surface area is 93.9 Å². The highest BCUT2D eigenvalue weighted by atomic mass is 35.5. The lowest BCUT2D eigenvalue weighted by Gasteiger charge is -1.97. The minimum Gasteiger partial charge on any atom is -0.464 e. The summed E-state index contributed by atoms with van der Waals surface area (Å²) in [5.74, 6) is -0.967. The van der Waals surface area contributed by atoms with Gasteiger partial charge in [0.1, 0.15) is 0 Å². The van der Waals surface area contributed by atoms with Crippen LogP contribution in [0.2, 0.25) is 0 Å². The monoisotopic (exact) mass is 247 g/mol. The fraction of sp³-hybridized carbons (Fsp3) is 0.286. The van der Waals surface area contributed by atoms with Gasteiger partial charge in [-0.15, -0.1) is 0 Å². The maximum absolute atomic E-state index is 11.3. The molecule has 86 valence electrons. The number of aryl methyl sites for hydroxylation is 1. The molecule has 1 aromatic rings. The van der Waals surface area contributed by atoms with Crippen molar-refractivity contribution in [1.29, 1.82) is 0 Å². The first-order valence-electron chi connectivity index (χ1n) is 3.89. The van der Waals surface area contributed by atoms with E-state index in [0.29, 0.717) is 0 Å². The number of rotatable bonds is 3. The van der Waals surface area contributed by atoms with Gasteiger partial charge in [0.15, 0.2) is 0 Å². The molecule has 1 heterocycles. The van der Waals surface area contributed by atoms with E-state index >= 15 is 0 Å². The van der Waals surface area contributed by atoms with Crippen LogP contribution < -0.4 is 0 Å². The zero-order chi connectivity index (χ0) is 12.5. The Kier molecular flexibility index (Phi) is 3.23. The van der Waals surface area contributed by atoms with Gasteiger partial charge in [0.2, 0.25) is 11.4 Å². The fourth-order valence-electron chi connectivity index (χ4n) is 1.14. The summed E-state index contributed by atoms with van der Waals surface area (Å²) in [5.41, 5.74) is -1.78. The molecule has 0 unspecified atom stereocenters. The van der Waals surface area contributed by atoms with E-state index in [1.54, 1.807) is 0 Å². The second kappa shape index (κ2) is 4.27.